The molecule has 0 bridgehead atoms. The Morgan fingerprint density at radius 1 is 1.67 bits per heavy atom. The molecule has 0 aliphatic heterocycles. The van der Waals surface area contributed by atoms with Crippen LogP contribution < -0.4 is 11.4 Å². The maximum absolute atomic E-state index is 10.2. The lowest BCUT2D eigenvalue weighted by atomic mass is 10.6. The number of carbonyl (C=O) groups is 1. The quantitative estimate of drug-likeness (QED) is 0.466. The van der Waals surface area contributed by atoms with Crippen LogP contribution in [0.15, 0.2) is 17.1 Å². The fourth-order valence-corrected chi connectivity index (χ4v) is 0.383. The lowest BCUT2D eigenvalue weighted by Crippen LogP contribution is -2.10. The highest BCUT2D eigenvalue weighted by atomic mass is 16.3. The fourth-order valence-electron chi connectivity index (χ4n) is 0.383. The van der Waals surface area contributed by atoms with Gasteiger partial charge in [-0.05, 0) is 6.07 Å². The van der Waals surface area contributed by atoms with Gasteiger partial charge in [0, 0.05) is 6.20 Å². The van der Waals surface area contributed by atoms with E-state index in [1.165, 1.54) is 12.3 Å². The van der Waals surface area contributed by atoms with Crippen molar-refractivity contribution in [2.24, 2.45) is 0 Å². The third kappa shape index (κ3) is 6.27. The Morgan fingerprint density at radius 3 is 2.42 bits per heavy atom. The lowest BCUT2D eigenvalue weighted by Gasteiger charge is -1.84. The first-order chi connectivity index (χ1) is 5.20. The van der Waals surface area contributed by atoms with Gasteiger partial charge in [0.2, 0.25) is 0 Å². The minimum absolute atomic E-state index is 0. The Hall–Kier alpha value is -1.85. The lowest BCUT2D eigenvalue weighted by molar-refractivity contribution is -0.122. The summed E-state index contributed by atoms with van der Waals surface area (Å²) in [4.78, 5) is 24.2. The molecule has 4 N–H and O–H groups in total. The molecule has 0 atom stereocenters. The molecule has 1 rings (SSSR count). The molecule has 6 heteroatoms. The van der Waals surface area contributed by atoms with Gasteiger partial charge in [-0.3, -0.25) is 9.78 Å². The topological polar surface area (TPSA) is 109 Å². The molecule has 0 aromatic carbocycles. The van der Waals surface area contributed by atoms with Gasteiger partial charge in [-0.1, -0.05) is 7.43 Å². The van der Waals surface area contributed by atoms with Gasteiger partial charge in [-0.25, -0.2) is 9.78 Å². The SMILES string of the molecule is C.Nc1ccnc(=O)[nH]1.O=CO. The number of nitrogen functional groups attached to an aromatic ring is 1. The summed E-state index contributed by atoms with van der Waals surface area (Å²) in [6.45, 7) is -0.250. The Bertz CT molecular complexity index is 271. The number of rotatable bonds is 0. The first kappa shape index (κ1) is 12.8. The van der Waals surface area contributed by atoms with Crippen molar-refractivity contribution in [2.45, 2.75) is 7.43 Å². The number of hydrogen-bond donors (Lipinski definition) is 3. The summed E-state index contributed by atoms with van der Waals surface area (Å²) < 4.78 is 0. The van der Waals surface area contributed by atoms with E-state index in [1.54, 1.807) is 0 Å². The van der Waals surface area contributed by atoms with E-state index in [1.807, 2.05) is 0 Å². The molecule has 6 nitrogen and oxygen atoms in total. The number of anilines is 1. The average Bonchev–Trinajstić information content (AvgIpc) is 1.88. The van der Waals surface area contributed by atoms with Gasteiger partial charge in [0.05, 0.1) is 0 Å². The number of nitrogens with zero attached hydrogens (tertiary/aromatic N) is 1. The van der Waals surface area contributed by atoms with E-state index in [-0.39, 0.29) is 13.9 Å². The molecule has 0 radical (unpaired) electrons. The number of aromatic amines is 1. The molecule has 0 fully saturated rings. The van der Waals surface area contributed by atoms with Crippen molar-refractivity contribution < 1.29 is 9.90 Å². The summed E-state index contributed by atoms with van der Waals surface area (Å²) in [6.07, 6.45) is 1.36. The number of nitrogens with two attached hydrogens (primary N) is 1. The summed E-state index contributed by atoms with van der Waals surface area (Å²) in [5, 5.41) is 6.89. The maximum Gasteiger partial charge on any atom is 0.346 e. The van der Waals surface area contributed by atoms with E-state index in [4.69, 9.17) is 15.6 Å². The van der Waals surface area contributed by atoms with Gasteiger partial charge in [0.1, 0.15) is 5.82 Å². The number of hydrogen-bond acceptors (Lipinski definition) is 4. The number of aromatic nitrogens is 2. The molecule has 0 aliphatic rings. The van der Waals surface area contributed by atoms with E-state index in [0.717, 1.165) is 0 Å². The third-order valence-corrected chi connectivity index (χ3v) is 0.697. The van der Waals surface area contributed by atoms with Crippen LogP contribution in [0.25, 0.3) is 0 Å². The molecular weight excluding hydrogens is 162 g/mol. The molecule has 0 saturated heterocycles. The van der Waals surface area contributed by atoms with E-state index < -0.39 is 5.69 Å². The highest BCUT2D eigenvalue weighted by molar-refractivity contribution is 5.32. The highest BCUT2D eigenvalue weighted by Crippen LogP contribution is 1.82. The fraction of sp³-hybridized carbons (Fsp3) is 0.167. The third-order valence-electron chi connectivity index (χ3n) is 0.697. The van der Waals surface area contributed by atoms with Crippen LogP contribution in [-0.2, 0) is 4.79 Å². The molecule has 0 saturated carbocycles. The van der Waals surface area contributed by atoms with E-state index in [2.05, 4.69) is 9.97 Å². The smallest absolute Gasteiger partial charge is 0.346 e. The minimum atomic E-state index is -0.412. The van der Waals surface area contributed by atoms with Crippen LogP contribution >= 0.6 is 0 Å². The first-order valence-electron chi connectivity index (χ1n) is 2.59. The van der Waals surface area contributed by atoms with Crippen LogP contribution in [-0.4, -0.2) is 21.5 Å². The van der Waals surface area contributed by atoms with Crippen molar-refractivity contribution in [3.8, 4) is 0 Å². The summed E-state index contributed by atoms with van der Waals surface area (Å²) in [6, 6.07) is 1.52. The molecule has 1 heterocycles. The van der Waals surface area contributed by atoms with Crippen LogP contribution in [0.1, 0.15) is 7.43 Å². The highest BCUT2D eigenvalue weighted by Gasteiger charge is 1.80. The first-order valence-corrected chi connectivity index (χ1v) is 2.59. The Labute approximate surface area is 69.1 Å². The van der Waals surface area contributed by atoms with Crippen LogP contribution in [0.2, 0.25) is 0 Å². The van der Waals surface area contributed by atoms with Crippen molar-refractivity contribution >= 4 is 12.3 Å². The van der Waals surface area contributed by atoms with Crippen molar-refractivity contribution in [2.75, 3.05) is 5.73 Å². The molecule has 0 spiro atoms. The number of carboxylic acid groups (broad SMARTS) is 1. The average molecular weight is 173 g/mol. The van der Waals surface area contributed by atoms with E-state index in [0.29, 0.717) is 5.82 Å². The molecule has 0 aliphatic carbocycles. The molecule has 12 heavy (non-hydrogen) atoms. The second-order valence-corrected chi connectivity index (χ2v) is 1.44. The zero-order valence-electron chi connectivity index (χ0n) is 5.52. The monoisotopic (exact) mass is 173 g/mol. The van der Waals surface area contributed by atoms with E-state index in [9.17, 15) is 4.79 Å². The zero-order chi connectivity index (χ0) is 8.69. The van der Waals surface area contributed by atoms with Crippen molar-refractivity contribution in [1.29, 1.82) is 0 Å². The summed E-state index contributed by atoms with van der Waals surface area (Å²) in [5.74, 6) is 0.338. The van der Waals surface area contributed by atoms with Gasteiger partial charge in [-0.2, -0.15) is 0 Å². The van der Waals surface area contributed by atoms with Gasteiger partial charge in [-0.15, -0.1) is 0 Å². The molecular formula is C6H11N3O3. The normalized spacial score (nSPS) is 7.00. The Morgan fingerprint density at radius 2 is 2.17 bits per heavy atom. The molecule has 1 aromatic rings. The van der Waals surface area contributed by atoms with Crippen molar-refractivity contribution in [3.05, 3.63) is 22.7 Å². The van der Waals surface area contributed by atoms with Crippen LogP contribution in [0.4, 0.5) is 5.82 Å². The standard InChI is InChI=1S/C4H5N3O.CH2O2.CH4/c5-3-1-2-6-4(8)7-3;2-1-3;/h1-2H,(H3,5,6,7,8);1H,(H,2,3);1H4. The molecule has 1 aromatic heterocycles. The number of nitrogens with one attached hydrogen (secondary N) is 1. The maximum atomic E-state index is 10.2. The molecule has 0 unspecified atom stereocenters. The van der Waals surface area contributed by atoms with Gasteiger partial charge in [0.15, 0.2) is 0 Å². The predicted octanol–water partition coefficient (Wildman–Crippen LogP) is -0.311. The second-order valence-electron chi connectivity index (χ2n) is 1.44. The van der Waals surface area contributed by atoms with Gasteiger partial charge < -0.3 is 10.8 Å². The second kappa shape index (κ2) is 7.26. The minimum Gasteiger partial charge on any atom is -0.483 e. The largest absolute Gasteiger partial charge is 0.483 e. The van der Waals surface area contributed by atoms with Crippen LogP contribution in [0, 0.1) is 0 Å². The van der Waals surface area contributed by atoms with Crippen LogP contribution in [0.3, 0.4) is 0 Å². The molecule has 0 amide bonds. The van der Waals surface area contributed by atoms with Crippen LogP contribution in [0.5, 0.6) is 0 Å². The van der Waals surface area contributed by atoms with Gasteiger partial charge >= 0.3 is 5.69 Å². The summed E-state index contributed by atoms with van der Waals surface area (Å²) in [7, 11) is 0. The summed E-state index contributed by atoms with van der Waals surface area (Å²) in [5.41, 5.74) is 4.75. The Balaban J connectivity index is 0. The van der Waals surface area contributed by atoms with Crippen molar-refractivity contribution in [1.82, 2.24) is 9.97 Å². The number of H-pyrrole nitrogens is 1. The Kier molecular flexibility index (Phi) is 7.74. The van der Waals surface area contributed by atoms with Crippen molar-refractivity contribution in [3.63, 3.8) is 0 Å². The zero-order valence-corrected chi connectivity index (χ0v) is 5.52. The van der Waals surface area contributed by atoms with E-state index >= 15 is 0 Å². The molecule has 68 valence electrons. The predicted molar refractivity (Wildman–Crippen MR) is 44.7 cm³/mol. The van der Waals surface area contributed by atoms with Gasteiger partial charge in [0.25, 0.3) is 6.47 Å². The summed E-state index contributed by atoms with van der Waals surface area (Å²) >= 11 is 0.